The fraction of sp³-hybridized carbons (Fsp3) is 0.444. The van der Waals surface area contributed by atoms with Crippen LogP contribution in [-0.4, -0.2) is 47.1 Å². The van der Waals surface area contributed by atoms with E-state index in [0.29, 0.717) is 18.2 Å². The highest BCUT2D eigenvalue weighted by molar-refractivity contribution is 6.24. The Morgan fingerprint density at radius 1 is 1.12 bits per heavy atom. The van der Waals surface area contributed by atoms with Gasteiger partial charge in [0.1, 0.15) is 11.8 Å². The number of fused-ring (bicyclic) bond motifs is 1. The first kappa shape index (κ1) is 18.4. The number of benzene rings is 1. The van der Waals surface area contributed by atoms with Crippen LogP contribution in [0, 0.1) is 0 Å². The molecule has 4 amide bonds. The van der Waals surface area contributed by atoms with Crippen molar-refractivity contribution in [1.82, 2.24) is 10.2 Å². The van der Waals surface area contributed by atoms with Crippen molar-refractivity contribution in [2.45, 2.75) is 38.1 Å². The third-order valence-corrected chi connectivity index (χ3v) is 4.73. The molecule has 0 radical (unpaired) electrons. The zero-order valence-corrected chi connectivity index (χ0v) is 14.9. The van der Waals surface area contributed by atoms with Crippen LogP contribution in [-0.2, 0) is 9.59 Å². The first-order chi connectivity index (χ1) is 12.5. The van der Waals surface area contributed by atoms with Gasteiger partial charge in [-0.15, -0.1) is 11.6 Å². The quantitative estimate of drug-likeness (QED) is 0.444. The van der Waals surface area contributed by atoms with Gasteiger partial charge in [-0.1, -0.05) is 6.07 Å². The topological polar surface area (TPSA) is 92.8 Å². The second kappa shape index (κ2) is 7.86. The Labute approximate surface area is 155 Å². The molecule has 8 heteroatoms. The Bertz CT molecular complexity index is 764. The number of rotatable bonds is 7. The minimum atomic E-state index is -0.975. The highest BCUT2D eigenvalue weighted by atomic mass is 35.5. The largest absolute Gasteiger partial charge is 0.493 e. The summed E-state index contributed by atoms with van der Waals surface area (Å²) >= 11 is 5.64. The van der Waals surface area contributed by atoms with E-state index in [2.05, 4.69) is 5.32 Å². The van der Waals surface area contributed by atoms with Crippen LogP contribution < -0.4 is 10.1 Å². The van der Waals surface area contributed by atoms with Gasteiger partial charge in [0.25, 0.3) is 11.8 Å². The van der Waals surface area contributed by atoms with Gasteiger partial charge in [0.2, 0.25) is 11.8 Å². The van der Waals surface area contributed by atoms with Crippen LogP contribution >= 0.6 is 11.6 Å². The van der Waals surface area contributed by atoms with E-state index >= 15 is 0 Å². The van der Waals surface area contributed by atoms with Crippen molar-refractivity contribution in [3.8, 4) is 5.75 Å². The molecule has 2 heterocycles. The second-order valence-corrected chi connectivity index (χ2v) is 6.60. The van der Waals surface area contributed by atoms with Crippen LogP contribution in [0.1, 0.15) is 52.8 Å². The zero-order valence-electron chi connectivity index (χ0n) is 14.1. The maximum Gasteiger partial charge on any atom is 0.266 e. The Morgan fingerprint density at radius 3 is 2.65 bits per heavy atom. The van der Waals surface area contributed by atoms with Crippen molar-refractivity contribution >= 4 is 35.2 Å². The lowest BCUT2D eigenvalue weighted by atomic mass is 10.0. The number of carbonyl (C=O) groups is 4. The number of alkyl halides is 1. The number of piperidine rings is 1. The average Bonchev–Trinajstić information content (AvgIpc) is 2.87. The Balaban J connectivity index is 1.78. The van der Waals surface area contributed by atoms with Crippen molar-refractivity contribution in [3.05, 3.63) is 29.3 Å². The molecule has 0 bridgehead atoms. The molecule has 0 aromatic heterocycles. The number of carbonyl (C=O) groups excluding carboxylic acids is 4. The molecule has 1 unspecified atom stereocenters. The lowest BCUT2D eigenvalue weighted by Crippen LogP contribution is -2.54. The highest BCUT2D eigenvalue weighted by Crippen LogP contribution is 2.33. The molecule has 0 aliphatic carbocycles. The van der Waals surface area contributed by atoms with Crippen molar-refractivity contribution in [1.29, 1.82) is 0 Å². The number of imide groups is 2. The predicted octanol–water partition coefficient (Wildman–Crippen LogP) is 1.88. The van der Waals surface area contributed by atoms with E-state index in [1.165, 1.54) is 0 Å². The van der Waals surface area contributed by atoms with Crippen LogP contribution in [0.15, 0.2) is 18.2 Å². The number of halogens is 1. The number of hydrogen-bond donors (Lipinski definition) is 1. The fourth-order valence-corrected chi connectivity index (χ4v) is 3.35. The van der Waals surface area contributed by atoms with Crippen LogP contribution in [0.2, 0.25) is 0 Å². The lowest BCUT2D eigenvalue weighted by Gasteiger charge is -2.27. The van der Waals surface area contributed by atoms with Crippen LogP contribution in [0.3, 0.4) is 0 Å². The third kappa shape index (κ3) is 3.44. The van der Waals surface area contributed by atoms with E-state index in [0.717, 1.165) is 24.2 Å². The van der Waals surface area contributed by atoms with Crippen LogP contribution in [0.25, 0.3) is 0 Å². The van der Waals surface area contributed by atoms with Gasteiger partial charge in [0.15, 0.2) is 0 Å². The van der Waals surface area contributed by atoms with Crippen molar-refractivity contribution in [3.63, 3.8) is 0 Å². The van der Waals surface area contributed by atoms with E-state index in [-0.39, 0.29) is 24.0 Å². The van der Waals surface area contributed by atoms with Gasteiger partial charge in [-0.2, -0.15) is 0 Å². The number of amides is 4. The summed E-state index contributed by atoms with van der Waals surface area (Å²) < 4.78 is 5.70. The van der Waals surface area contributed by atoms with Gasteiger partial charge >= 0.3 is 0 Å². The molecule has 7 nitrogen and oxygen atoms in total. The number of unbranched alkanes of at least 4 members (excludes halogenated alkanes) is 2. The number of hydrogen-bond acceptors (Lipinski definition) is 5. The van der Waals surface area contributed by atoms with Gasteiger partial charge in [-0.25, -0.2) is 0 Å². The first-order valence-corrected chi connectivity index (χ1v) is 9.11. The molecule has 2 aliphatic heterocycles. The smallest absolute Gasteiger partial charge is 0.266 e. The molecule has 0 spiro atoms. The molecular weight excluding hydrogens is 360 g/mol. The normalized spacial score (nSPS) is 19.6. The SMILES string of the molecule is O=C1CCC(N2C(=O)c3cccc(OCCCCCCl)c3C2=O)C(=O)N1. The predicted molar refractivity (Wildman–Crippen MR) is 93.2 cm³/mol. The molecule has 1 aromatic rings. The molecular formula is C18H19ClN2O5. The van der Waals surface area contributed by atoms with E-state index in [4.69, 9.17) is 16.3 Å². The first-order valence-electron chi connectivity index (χ1n) is 8.58. The molecule has 138 valence electrons. The maximum atomic E-state index is 12.8. The van der Waals surface area contributed by atoms with Gasteiger partial charge in [0.05, 0.1) is 17.7 Å². The summed E-state index contributed by atoms with van der Waals surface area (Å²) in [6.45, 7) is 0.410. The fourth-order valence-electron chi connectivity index (χ4n) is 3.16. The second-order valence-electron chi connectivity index (χ2n) is 6.22. The van der Waals surface area contributed by atoms with Gasteiger partial charge in [-0.3, -0.25) is 29.4 Å². The molecule has 0 saturated carbocycles. The van der Waals surface area contributed by atoms with Gasteiger partial charge in [0, 0.05) is 12.3 Å². The number of ether oxygens (including phenoxy) is 1. The summed E-state index contributed by atoms with van der Waals surface area (Å²) in [6.07, 6.45) is 2.81. The monoisotopic (exact) mass is 378 g/mol. The Kier molecular flexibility index (Phi) is 5.56. The number of nitrogens with zero attached hydrogens (tertiary/aromatic N) is 1. The molecule has 1 aromatic carbocycles. The van der Waals surface area contributed by atoms with E-state index in [1.54, 1.807) is 18.2 Å². The Hall–Kier alpha value is -2.41. The summed E-state index contributed by atoms with van der Waals surface area (Å²) in [5, 5.41) is 2.18. The highest BCUT2D eigenvalue weighted by Gasteiger charge is 2.45. The molecule has 3 rings (SSSR count). The molecule has 1 N–H and O–H groups in total. The average molecular weight is 379 g/mol. The van der Waals surface area contributed by atoms with E-state index < -0.39 is 29.7 Å². The Morgan fingerprint density at radius 2 is 1.92 bits per heavy atom. The standard InChI is InChI=1S/C18H19ClN2O5/c19-9-2-1-3-10-26-13-6-4-5-11-15(13)18(25)21(17(11)24)12-7-8-14(22)20-16(12)23/h4-6,12H,1-3,7-10H2,(H,20,22,23). The summed E-state index contributed by atoms with van der Waals surface area (Å²) in [5.41, 5.74) is 0.400. The van der Waals surface area contributed by atoms with E-state index in [9.17, 15) is 19.2 Å². The molecule has 2 aliphatic rings. The summed E-state index contributed by atoms with van der Waals surface area (Å²) in [7, 11) is 0. The van der Waals surface area contributed by atoms with Crippen molar-refractivity contribution < 1.29 is 23.9 Å². The third-order valence-electron chi connectivity index (χ3n) is 4.47. The molecule has 1 fully saturated rings. The molecule has 26 heavy (non-hydrogen) atoms. The minimum absolute atomic E-state index is 0.0910. The van der Waals surface area contributed by atoms with Gasteiger partial charge < -0.3 is 4.74 Å². The summed E-state index contributed by atoms with van der Waals surface area (Å²) in [5.74, 6) is -1.19. The van der Waals surface area contributed by atoms with Gasteiger partial charge in [-0.05, 0) is 37.8 Å². The minimum Gasteiger partial charge on any atom is -0.493 e. The van der Waals surface area contributed by atoms with E-state index in [1.807, 2.05) is 0 Å². The van der Waals surface area contributed by atoms with Crippen molar-refractivity contribution in [2.75, 3.05) is 12.5 Å². The maximum absolute atomic E-state index is 12.8. The summed E-state index contributed by atoms with van der Waals surface area (Å²) in [4.78, 5) is 49.8. The summed E-state index contributed by atoms with van der Waals surface area (Å²) in [6, 6.07) is 3.85. The number of nitrogens with one attached hydrogen (secondary N) is 1. The lowest BCUT2D eigenvalue weighted by molar-refractivity contribution is -0.136. The molecule has 1 atom stereocenters. The zero-order chi connectivity index (χ0) is 18.7. The van der Waals surface area contributed by atoms with Crippen LogP contribution in [0.5, 0.6) is 5.75 Å². The van der Waals surface area contributed by atoms with Crippen LogP contribution in [0.4, 0.5) is 0 Å². The van der Waals surface area contributed by atoms with Crippen molar-refractivity contribution in [2.24, 2.45) is 0 Å². The molecule has 1 saturated heterocycles.